The highest BCUT2D eigenvalue weighted by molar-refractivity contribution is 5.94. The van der Waals surface area contributed by atoms with Crippen LogP contribution in [0.1, 0.15) is 16.9 Å². The van der Waals surface area contributed by atoms with Crippen LogP contribution in [0.15, 0.2) is 54.6 Å². The van der Waals surface area contributed by atoms with Crippen molar-refractivity contribution in [1.29, 1.82) is 0 Å². The van der Waals surface area contributed by atoms with Gasteiger partial charge in [-0.25, -0.2) is 9.07 Å². The normalized spacial score (nSPS) is 10.7. The van der Waals surface area contributed by atoms with Gasteiger partial charge < -0.3 is 14.8 Å². The first-order chi connectivity index (χ1) is 13.6. The number of hydrogen-bond acceptors (Lipinski definition) is 4. The van der Waals surface area contributed by atoms with E-state index in [4.69, 9.17) is 9.47 Å². The summed E-state index contributed by atoms with van der Waals surface area (Å²) < 4.78 is 25.9. The van der Waals surface area contributed by atoms with E-state index < -0.39 is 5.82 Å². The molecule has 0 atom stereocenters. The third kappa shape index (κ3) is 4.37. The van der Waals surface area contributed by atoms with Crippen LogP contribution in [0.3, 0.4) is 0 Å². The van der Waals surface area contributed by atoms with Crippen LogP contribution in [0, 0.1) is 5.82 Å². The smallest absolute Gasteiger partial charge is 0.270 e. The van der Waals surface area contributed by atoms with Gasteiger partial charge in [-0.15, -0.1) is 0 Å². The average molecular weight is 383 g/mol. The lowest BCUT2D eigenvalue weighted by atomic mass is 10.1. The van der Waals surface area contributed by atoms with Crippen molar-refractivity contribution in [1.82, 2.24) is 15.1 Å². The molecular weight excluding hydrogens is 361 g/mol. The Kier molecular flexibility index (Phi) is 6.39. The van der Waals surface area contributed by atoms with Crippen LogP contribution in [0.5, 0.6) is 5.75 Å². The van der Waals surface area contributed by atoms with Gasteiger partial charge in [-0.3, -0.25) is 4.79 Å². The molecule has 3 rings (SSSR count). The maximum atomic E-state index is 14.2. The Hall–Kier alpha value is -3.19. The Labute approximate surface area is 162 Å². The van der Waals surface area contributed by atoms with Crippen LogP contribution in [0.2, 0.25) is 0 Å². The fourth-order valence-corrected chi connectivity index (χ4v) is 2.77. The molecule has 1 amide bonds. The second-order valence-corrected chi connectivity index (χ2v) is 6.11. The van der Waals surface area contributed by atoms with E-state index in [1.807, 2.05) is 0 Å². The van der Waals surface area contributed by atoms with Gasteiger partial charge in [0.1, 0.15) is 17.3 Å². The van der Waals surface area contributed by atoms with Gasteiger partial charge in [-0.2, -0.15) is 5.10 Å². The molecule has 1 heterocycles. The van der Waals surface area contributed by atoms with Crippen molar-refractivity contribution in [3.05, 3.63) is 66.1 Å². The number of hydrogen-bond donors (Lipinski definition) is 1. The second-order valence-electron chi connectivity index (χ2n) is 6.11. The Balaban J connectivity index is 1.97. The molecule has 0 radical (unpaired) electrons. The van der Waals surface area contributed by atoms with Crippen LogP contribution < -0.4 is 10.1 Å². The van der Waals surface area contributed by atoms with E-state index in [-0.39, 0.29) is 5.91 Å². The van der Waals surface area contributed by atoms with E-state index in [9.17, 15) is 9.18 Å². The molecule has 0 aliphatic heterocycles. The molecular formula is C21H22FN3O3. The third-order valence-corrected chi connectivity index (χ3v) is 4.22. The SMILES string of the molecule is COCCCNC(=O)c1cc(-c2ccccc2F)nn1-c1ccc(OC)cc1. The lowest BCUT2D eigenvalue weighted by molar-refractivity contribution is 0.0941. The lowest BCUT2D eigenvalue weighted by Gasteiger charge is -2.09. The van der Waals surface area contributed by atoms with Crippen LogP contribution >= 0.6 is 0 Å². The number of halogens is 1. The molecule has 0 saturated heterocycles. The molecule has 7 heteroatoms. The first-order valence-electron chi connectivity index (χ1n) is 8.90. The number of benzene rings is 2. The highest BCUT2D eigenvalue weighted by atomic mass is 19.1. The molecule has 0 aliphatic rings. The van der Waals surface area contributed by atoms with Crippen LogP contribution in [0.4, 0.5) is 4.39 Å². The first kappa shape index (κ1) is 19.6. The van der Waals surface area contributed by atoms with Gasteiger partial charge in [0.05, 0.1) is 18.5 Å². The number of methoxy groups -OCH3 is 2. The second kappa shape index (κ2) is 9.14. The molecule has 146 valence electrons. The van der Waals surface area contributed by atoms with Gasteiger partial charge in [-0.05, 0) is 48.9 Å². The Morgan fingerprint density at radius 3 is 2.57 bits per heavy atom. The average Bonchev–Trinajstić information content (AvgIpc) is 3.17. The zero-order valence-corrected chi connectivity index (χ0v) is 15.8. The predicted octanol–water partition coefficient (Wildman–Crippen LogP) is 3.45. The number of amides is 1. The summed E-state index contributed by atoms with van der Waals surface area (Å²) in [6.07, 6.45) is 0.694. The summed E-state index contributed by atoms with van der Waals surface area (Å²) in [6, 6.07) is 15.1. The number of carbonyl (C=O) groups is 1. The quantitative estimate of drug-likeness (QED) is 0.605. The largest absolute Gasteiger partial charge is 0.497 e. The van der Waals surface area contributed by atoms with Crippen molar-refractivity contribution in [2.75, 3.05) is 27.4 Å². The van der Waals surface area contributed by atoms with Crippen molar-refractivity contribution >= 4 is 5.91 Å². The zero-order valence-electron chi connectivity index (χ0n) is 15.8. The third-order valence-electron chi connectivity index (χ3n) is 4.22. The first-order valence-corrected chi connectivity index (χ1v) is 8.90. The lowest BCUT2D eigenvalue weighted by Crippen LogP contribution is -2.27. The number of aromatic nitrogens is 2. The predicted molar refractivity (Wildman–Crippen MR) is 104 cm³/mol. The minimum absolute atomic E-state index is 0.290. The van der Waals surface area contributed by atoms with Gasteiger partial charge in [0.15, 0.2) is 0 Å². The summed E-state index contributed by atoms with van der Waals surface area (Å²) in [6.45, 7) is 1.02. The highest BCUT2D eigenvalue weighted by Gasteiger charge is 2.19. The standard InChI is InChI=1S/C21H22FN3O3/c1-27-13-5-12-23-21(26)20-14-19(17-6-3-4-7-18(17)22)24-25(20)15-8-10-16(28-2)11-9-15/h3-4,6-11,14H,5,12-13H2,1-2H3,(H,23,26). The molecule has 0 unspecified atom stereocenters. The van der Waals surface area contributed by atoms with Crippen molar-refractivity contribution in [2.24, 2.45) is 0 Å². The van der Waals surface area contributed by atoms with E-state index >= 15 is 0 Å². The fourth-order valence-electron chi connectivity index (χ4n) is 2.77. The topological polar surface area (TPSA) is 65.4 Å². The number of ether oxygens (including phenoxy) is 2. The Morgan fingerprint density at radius 2 is 1.89 bits per heavy atom. The summed E-state index contributed by atoms with van der Waals surface area (Å²) in [5.41, 5.74) is 1.71. The van der Waals surface area contributed by atoms with Gasteiger partial charge in [-0.1, -0.05) is 12.1 Å². The fraction of sp³-hybridized carbons (Fsp3) is 0.238. The minimum Gasteiger partial charge on any atom is -0.497 e. The number of nitrogens with zero attached hydrogens (tertiary/aromatic N) is 2. The van der Waals surface area contributed by atoms with Gasteiger partial charge >= 0.3 is 0 Å². The number of nitrogens with one attached hydrogen (secondary N) is 1. The van der Waals surface area contributed by atoms with Crippen molar-refractivity contribution in [2.45, 2.75) is 6.42 Å². The molecule has 0 spiro atoms. The molecule has 0 bridgehead atoms. The molecule has 1 N–H and O–H groups in total. The van der Waals surface area contributed by atoms with E-state index in [1.54, 1.807) is 62.8 Å². The van der Waals surface area contributed by atoms with Gasteiger partial charge in [0, 0.05) is 25.8 Å². The Morgan fingerprint density at radius 1 is 1.14 bits per heavy atom. The molecule has 2 aromatic carbocycles. The maximum absolute atomic E-state index is 14.2. The molecule has 28 heavy (non-hydrogen) atoms. The maximum Gasteiger partial charge on any atom is 0.270 e. The summed E-state index contributed by atoms with van der Waals surface area (Å²) in [7, 11) is 3.19. The monoisotopic (exact) mass is 383 g/mol. The summed E-state index contributed by atoms with van der Waals surface area (Å²) in [5, 5.41) is 7.33. The van der Waals surface area contributed by atoms with E-state index in [0.29, 0.717) is 48.0 Å². The molecule has 0 saturated carbocycles. The van der Waals surface area contributed by atoms with E-state index in [2.05, 4.69) is 10.4 Å². The van der Waals surface area contributed by atoms with Gasteiger partial charge in [0.2, 0.25) is 0 Å². The van der Waals surface area contributed by atoms with E-state index in [1.165, 1.54) is 10.7 Å². The minimum atomic E-state index is -0.395. The molecule has 0 aliphatic carbocycles. The van der Waals surface area contributed by atoms with E-state index in [0.717, 1.165) is 0 Å². The molecule has 1 aromatic heterocycles. The molecule has 6 nitrogen and oxygen atoms in total. The van der Waals surface area contributed by atoms with Gasteiger partial charge in [0.25, 0.3) is 5.91 Å². The summed E-state index contributed by atoms with van der Waals surface area (Å²) in [4.78, 5) is 12.7. The Bertz CT molecular complexity index is 938. The van der Waals surface area contributed by atoms with Crippen LogP contribution in [-0.4, -0.2) is 43.1 Å². The number of rotatable bonds is 8. The molecule has 0 fully saturated rings. The van der Waals surface area contributed by atoms with Crippen molar-refractivity contribution in [3.63, 3.8) is 0 Å². The number of carbonyl (C=O) groups excluding carboxylic acids is 1. The summed E-state index contributed by atoms with van der Waals surface area (Å²) >= 11 is 0. The molecule has 3 aromatic rings. The van der Waals surface area contributed by atoms with Crippen molar-refractivity contribution < 1.29 is 18.7 Å². The van der Waals surface area contributed by atoms with Crippen LogP contribution in [0.25, 0.3) is 16.9 Å². The summed E-state index contributed by atoms with van der Waals surface area (Å²) in [5.74, 6) is 0.00624. The zero-order chi connectivity index (χ0) is 19.9. The van der Waals surface area contributed by atoms with Crippen LogP contribution in [-0.2, 0) is 4.74 Å². The van der Waals surface area contributed by atoms with Crippen molar-refractivity contribution in [3.8, 4) is 22.7 Å². The highest BCUT2D eigenvalue weighted by Crippen LogP contribution is 2.25.